The number of hydrogen-bond donors (Lipinski definition) is 0. The summed E-state index contributed by atoms with van der Waals surface area (Å²) in [7, 11) is 1.60. The van der Waals surface area contributed by atoms with Crippen LogP contribution in [0.3, 0.4) is 0 Å². The third kappa shape index (κ3) is 3.05. The summed E-state index contributed by atoms with van der Waals surface area (Å²) in [5.41, 5.74) is 1.77. The van der Waals surface area contributed by atoms with Crippen molar-refractivity contribution in [3.63, 3.8) is 0 Å². The Kier molecular flexibility index (Phi) is 4.20. The van der Waals surface area contributed by atoms with Gasteiger partial charge in [-0.05, 0) is 37.1 Å². The lowest BCUT2D eigenvalue weighted by Crippen LogP contribution is -2.13. The van der Waals surface area contributed by atoms with E-state index in [0.717, 1.165) is 16.5 Å². The molecule has 0 aliphatic carbocycles. The second-order valence-corrected chi connectivity index (χ2v) is 4.66. The van der Waals surface area contributed by atoms with Crippen molar-refractivity contribution in [2.45, 2.75) is 20.5 Å². The Morgan fingerprint density at radius 3 is 2.70 bits per heavy atom. The van der Waals surface area contributed by atoms with Crippen molar-refractivity contribution >= 4 is 16.8 Å². The lowest BCUT2D eigenvalue weighted by molar-refractivity contribution is -0.118. The molecule has 0 spiro atoms. The molecule has 2 rings (SSSR count). The van der Waals surface area contributed by atoms with Crippen molar-refractivity contribution in [2.24, 2.45) is 0 Å². The molecule has 0 amide bonds. The quantitative estimate of drug-likeness (QED) is 0.783. The highest BCUT2D eigenvalue weighted by molar-refractivity contribution is 5.82. The molecule has 0 bridgehead atoms. The summed E-state index contributed by atoms with van der Waals surface area (Å²) >= 11 is 0. The maximum atomic E-state index is 11.8. The van der Waals surface area contributed by atoms with Gasteiger partial charge in [-0.2, -0.15) is 0 Å². The maximum absolute atomic E-state index is 11.8. The normalized spacial score (nSPS) is 10.8. The molecule has 2 aromatic rings. The Balaban J connectivity index is 2.54. The second-order valence-electron chi connectivity index (χ2n) is 4.66. The van der Waals surface area contributed by atoms with E-state index in [1.54, 1.807) is 19.2 Å². The van der Waals surface area contributed by atoms with Crippen LogP contribution in [-0.2, 0) is 16.1 Å². The molecular formula is C15H16O5. The number of carbonyl (C=O) groups is 1. The number of aryl methyl sites for hydroxylation is 1. The van der Waals surface area contributed by atoms with E-state index in [0.29, 0.717) is 12.2 Å². The molecule has 1 heterocycles. The molecule has 0 aliphatic rings. The van der Waals surface area contributed by atoms with E-state index >= 15 is 0 Å². The summed E-state index contributed by atoms with van der Waals surface area (Å²) in [4.78, 5) is 22.7. The predicted octanol–water partition coefficient (Wildman–Crippen LogP) is 2.22. The molecule has 0 saturated carbocycles. The maximum Gasteiger partial charge on any atom is 0.379 e. The van der Waals surface area contributed by atoms with Gasteiger partial charge in [0.2, 0.25) is 5.75 Å². The Morgan fingerprint density at radius 1 is 1.30 bits per heavy atom. The van der Waals surface area contributed by atoms with Crippen molar-refractivity contribution in [2.75, 3.05) is 13.7 Å². The van der Waals surface area contributed by atoms with E-state index in [-0.39, 0.29) is 18.1 Å². The Morgan fingerprint density at radius 2 is 2.05 bits per heavy atom. The first-order valence-corrected chi connectivity index (χ1v) is 6.20. The molecule has 0 radical (unpaired) electrons. The van der Waals surface area contributed by atoms with Crippen molar-refractivity contribution in [1.82, 2.24) is 0 Å². The molecule has 0 N–H and O–H groups in total. The highest BCUT2D eigenvalue weighted by atomic mass is 16.5. The van der Waals surface area contributed by atoms with Crippen molar-refractivity contribution in [1.29, 1.82) is 0 Å². The molecule has 20 heavy (non-hydrogen) atoms. The molecule has 0 aliphatic heterocycles. The Hall–Kier alpha value is -2.14. The minimum atomic E-state index is -0.590. The van der Waals surface area contributed by atoms with Crippen LogP contribution in [0, 0.1) is 6.92 Å². The smallest absolute Gasteiger partial charge is 0.379 e. The molecule has 0 atom stereocenters. The van der Waals surface area contributed by atoms with Crippen LogP contribution in [0.4, 0.5) is 0 Å². The monoisotopic (exact) mass is 276 g/mol. The SMILES string of the molecule is COCc1cc(C)cc2oc(=O)c(OCC(C)=O)cc12. The molecule has 1 aromatic carbocycles. The molecular weight excluding hydrogens is 260 g/mol. The lowest BCUT2D eigenvalue weighted by Gasteiger charge is -2.08. The number of carbonyl (C=O) groups excluding carboxylic acids is 1. The highest BCUT2D eigenvalue weighted by Crippen LogP contribution is 2.23. The molecule has 1 aromatic heterocycles. The second kappa shape index (κ2) is 5.88. The number of rotatable bonds is 5. The summed E-state index contributed by atoms with van der Waals surface area (Å²) in [6.07, 6.45) is 0. The zero-order chi connectivity index (χ0) is 14.7. The molecule has 5 heteroatoms. The number of ether oxygens (including phenoxy) is 2. The van der Waals surface area contributed by atoms with E-state index in [1.807, 2.05) is 13.0 Å². The van der Waals surface area contributed by atoms with E-state index < -0.39 is 5.63 Å². The molecule has 5 nitrogen and oxygen atoms in total. The van der Waals surface area contributed by atoms with Crippen LogP contribution in [0.1, 0.15) is 18.1 Å². The van der Waals surface area contributed by atoms with Crippen LogP contribution in [0.25, 0.3) is 11.0 Å². The minimum absolute atomic E-state index is 0.0360. The predicted molar refractivity (Wildman–Crippen MR) is 74.1 cm³/mol. The van der Waals surface area contributed by atoms with Gasteiger partial charge in [0.25, 0.3) is 0 Å². The molecule has 0 unspecified atom stereocenters. The van der Waals surface area contributed by atoms with Gasteiger partial charge in [-0.25, -0.2) is 4.79 Å². The van der Waals surface area contributed by atoms with Gasteiger partial charge in [-0.15, -0.1) is 0 Å². The first kappa shape index (κ1) is 14.3. The van der Waals surface area contributed by atoms with Gasteiger partial charge in [-0.3, -0.25) is 4.79 Å². The number of Topliss-reactive ketones (excluding diaryl/α,β-unsaturated/α-hetero) is 1. The summed E-state index contributed by atoms with van der Waals surface area (Å²) in [6, 6.07) is 5.34. The van der Waals surface area contributed by atoms with E-state index in [9.17, 15) is 9.59 Å². The largest absolute Gasteiger partial charge is 0.479 e. The van der Waals surface area contributed by atoms with Gasteiger partial charge in [0, 0.05) is 12.5 Å². The van der Waals surface area contributed by atoms with Crippen LogP contribution < -0.4 is 10.4 Å². The van der Waals surface area contributed by atoms with Gasteiger partial charge in [0.1, 0.15) is 12.2 Å². The summed E-state index contributed by atoms with van der Waals surface area (Å²) in [5.74, 6) is -0.126. The van der Waals surface area contributed by atoms with Gasteiger partial charge in [0.05, 0.1) is 6.61 Å². The zero-order valence-electron chi connectivity index (χ0n) is 11.7. The topological polar surface area (TPSA) is 65.7 Å². The average Bonchev–Trinajstić information content (AvgIpc) is 2.36. The number of methoxy groups -OCH3 is 1. The summed E-state index contributed by atoms with van der Waals surface area (Å²) < 4.78 is 15.6. The fourth-order valence-corrected chi connectivity index (χ4v) is 1.98. The van der Waals surface area contributed by atoms with E-state index in [4.69, 9.17) is 13.9 Å². The Bertz CT molecular complexity index is 699. The van der Waals surface area contributed by atoms with Gasteiger partial charge >= 0.3 is 5.63 Å². The highest BCUT2D eigenvalue weighted by Gasteiger charge is 2.11. The van der Waals surface area contributed by atoms with Crippen molar-refractivity contribution in [3.8, 4) is 5.75 Å². The first-order chi connectivity index (χ1) is 9.51. The fraction of sp³-hybridized carbons (Fsp3) is 0.333. The van der Waals surface area contributed by atoms with Gasteiger partial charge < -0.3 is 13.9 Å². The fourth-order valence-electron chi connectivity index (χ4n) is 1.98. The Labute approximate surface area is 116 Å². The number of benzene rings is 1. The van der Waals surface area contributed by atoms with Crippen molar-refractivity contribution in [3.05, 3.63) is 39.7 Å². The van der Waals surface area contributed by atoms with Crippen LogP contribution in [0.5, 0.6) is 5.75 Å². The van der Waals surface area contributed by atoms with E-state index in [2.05, 4.69) is 0 Å². The number of ketones is 1. The molecule has 106 valence electrons. The molecule has 0 fully saturated rings. The molecule has 0 saturated heterocycles. The third-order valence-electron chi connectivity index (χ3n) is 2.78. The number of fused-ring (bicyclic) bond motifs is 1. The lowest BCUT2D eigenvalue weighted by atomic mass is 10.1. The van der Waals surface area contributed by atoms with Crippen LogP contribution in [0.15, 0.2) is 27.4 Å². The van der Waals surface area contributed by atoms with Gasteiger partial charge in [-0.1, -0.05) is 6.07 Å². The van der Waals surface area contributed by atoms with Gasteiger partial charge in [0.15, 0.2) is 5.78 Å². The van der Waals surface area contributed by atoms with Crippen LogP contribution >= 0.6 is 0 Å². The van der Waals surface area contributed by atoms with Crippen molar-refractivity contribution < 1.29 is 18.7 Å². The summed E-state index contributed by atoms with van der Waals surface area (Å²) in [5, 5.41) is 0.746. The standard InChI is InChI=1S/C15H16O5/c1-9-4-11(8-18-3)12-6-14(19-7-10(2)16)15(17)20-13(12)5-9/h4-6H,7-8H2,1-3H3. The number of hydrogen-bond acceptors (Lipinski definition) is 5. The zero-order valence-corrected chi connectivity index (χ0v) is 11.7. The van der Waals surface area contributed by atoms with Crippen LogP contribution in [0.2, 0.25) is 0 Å². The average molecular weight is 276 g/mol. The first-order valence-electron chi connectivity index (χ1n) is 6.20. The van der Waals surface area contributed by atoms with E-state index in [1.165, 1.54) is 6.92 Å². The summed E-state index contributed by atoms with van der Waals surface area (Å²) in [6.45, 7) is 3.56. The van der Waals surface area contributed by atoms with Crippen LogP contribution in [-0.4, -0.2) is 19.5 Å². The minimum Gasteiger partial charge on any atom is -0.479 e. The third-order valence-corrected chi connectivity index (χ3v) is 2.78.